The van der Waals surface area contributed by atoms with E-state index in [0.29, 0.717) is 5.52 Å². The van der Waals surface area contributed by atoms with Crippen LogP contribution in [0.15, 0.2) is 30.5 Å². The Morgan fingerprint density at radius 2 is 2.04 bits per heavy atom. The van der Waals surface area contributed by atoms with Crippen LogP contribution < -0.4 is 10.1 Å². The van der Waals surface area contributed by atoms with Crippen molar-refractivity contribution in [2.75, 3.05) is 19.5 Å². The van der Waals surface area contributed by atoms with E-state index in [-0.39, 0.29) is 22.7 Å². The largest absolute Gasteiger partial charge is 0.494 e. The quantitative estimate of drug-likeness (QED) is 0.710. The molecule has 1 N–H and O–H groups in total. The summed E-state index contributed by atoms with van der Waals surface area (Å²) in [7, 11) is 2.41. The molecule has 9 nitrogen and oxygen atoms in total. The molecule has 0 spiro atoms. The maximum absolute atomic E-state index is 13.9. The topological polar surface area (TPSA) is 108 Å². The van der Waals surface area contributed by atoms with Gasteiger partial charge >= 0.3 is 5.97 Å². The highest BCUT2D eigenvalue weighted by Gasteiger charge is 2.20. The molecular weight excluding hydrogens is 333 g/mol. The van der Waals surface area contributed by atoms with Crippen LogP contribution in [0.3, 0.4) is 0 Å². The van der Waals surface area contributed by atoms with Gasteiger partial charge in [-0.1, -0.05) is 0 Å². The van der Waals surface area contributed by atoms with E-state index in [2.05, 4.69) is 25.5 Å². The Morgan fingerprint density at radius 1 is 1.24 bits per heavy atom. The molecule has 0 saturated heterocycles. The van der Waals surface area contributed by atoms with E-state index in [0.717, 1.165) is 13.2 Å². The standard InChI is InChI=1S/C15H12FN5O4/c1-24-13-6-12(9(5-10(13)16)15(23)25-2)18-14(22)11-4-3-8-7-17-20-21(8)19-11/h3-7H,1-2H3,(H,18,22). The first-order valence-electron chi connectivity index (χ1n) is 6.98. The zero-order valence-electron chi connectivity index (χ0n) is 13.2. The van der Waals surface area contributed by atoms with Gasteiger partial charge in [0.1, 0.15) is 5.52 Å². The summed E-state index contributed by atoms with van der Waals surface area (Å²) in [5.41, 5.74) is 0.499. The number of carbonyl (C=O) groups is 2. The maximum Gasteiger partial charge on any atom is 0.340 e. The van der Waals surface area contributed by atoms with Crippen LogP contribution in [0.4, 0.5) is 10.1 Å². The van der Waals surface area contributed by atoms with E-state index >= 15 is 0 Å². The molecule has 128 valence electrons. The zero-order valence-corrected chi connectivity index (χ0v) is 13.2. The average Bonchev–Trinajstić information content (AvgIpc) is 3.09. The van der Waals surface area contributed by atoms with Crippen molar-refractivity contribution in [3.63, 3.8) is 0 Å². The van der Waals surface area contributed by atoms with Gasteiger partial charge in [-0.15, -0.1) is 14.8 Å². The summed E-state index contributed by atoms with van der Waals surface area (Å²) in [6, 6.07) is 5.18. The van der Waals surface area contributed by atoms with Crippen LogP contribution in [0, 0.1) is 5.82 Å². The van der Waals surface area contributed by atoms with Gasteiger partial charge in [-0.3, -0.25) is 4.79 Å². The number of anilines is 1. The molecule has 0 fully saturated rings. The molecule has 3 rings (SSSR count). The van der Waals surface area contributed by atoms with Gasteiger partial charge in [0.25, 0.3) is 5.91 Å². The fourth-order valence-electron chi connectivity index (χ4n) is 2.12. The van der Waals surface area contributed by atoms with Crippen molar-refractivity contribution in [2.24, 2.45) is 0 Å². The summed E-state index contributed by atoms with van der Waals surface area (Å²) in [4.78, 5) is 24.2. The van der Waals surface area contributed by atoms with Crippen molar-refractivity contribution >= 4 is 23.1 Å². The molecule has 2 heterocycles. The number of halogens is 1. The number of methoxy groups -OCH3 is 2. The summed E-state index contributed by atoms with van der Waals surface area (Å²) in [6.45, 7) is 0. The summed E-state index contributed by atoms with van der Waals surface area (Å²) >= 11 is 0. The first kappa shape index (κ1) is 16.3. The molecule has 0 aliphatic heterocycles. The van der Waals surface area contributed by atoms with Crippen LogP contribution in [0.2, 0.25) is 0 Å². The van der Waals surface area contributed by atoms with Gasteiger partial charge in [0.15, 0.2) is 17.3 Å². The molecule has 0 radical (unpaired) electrons. The first-order chi connectivity index (χ1) is 12.0. The molecule has 2 aromatic heterocycles. The van der Waals surface area contributed by atoms with Crippen molar-refractivity contribution in [1.29, 1.82) is 0 Å². The van der Waals surface area contributed by atoms with Gasteiger partial charge in [-0.05, 0) is 23.4 Å². The van der Waals surface area contributed by atoms with Crippen LogP contribution in [-0.4, -0.2) is 46.1 Å². The fourth-order valence-corrected chi connectivity index (χ4v) is 2.12. The Balaban J connectivity index is 1.97. The fraction of sp³-hybridized carbons (Fsp3) is 0.133. The average molecular weight is 345 g/mol. The van der Waals surface area contributed by atoms with Crippen molar-refractivity contribution in [3.8, 4) is 5.75 Å². The summed E-state index contributed by atoms with van der Waals surface area (Å²) in [6.07, 6.45) is 1.48. The highest BCUT2D eigenvalue weighted by atomic mass is 19.1. The van der Waals surface area contributed by atoms with Crippen LogP contribution in [0.5, 0.6) is 5.75 Å². The molecule has 0 bridgehead atoms. The number of carbonyl (C=O) groups excluding carboxylic acids is 2. The molecule has 0 atom stereocenters. The van der Waals surface area contributed by atoms with E-state index < -0.39 is 17.7 Å². The predicted molar refractivity (Wildman–Crippen MR) is 83.0 cm³/mol. The van der Waals surface area contributed by atoms with Gasteiger partial charge in [-0.25, -0.2) is 9.18 Å². The molecule has 0 aliphatic carbocycles. The third-order valence-corrected chi connectivity index (χ3v) is 3.35. The van der Waals surface area contributed by atoms with Crippen molar-refractivity contribution in [1.82, 2.24) is 20.0 Å². The maximum atomic E-state index is 13.9. The molecule has 3 aromatic rings. The van der Waals surface area contributed by atoms with E-state index in [9.17, 15) is 14.0 Å². The minimum Gasteiger partial charge on any atom is -0.494 e. The third-order valence-electron chi connectivity index (χ3n) is 3.35. The Bertz CT molecular complexity index is 972. The molecule has 1 aromatic carbocycles. The minimum atomic E-state index is -0.809. The molecule has 0 unspecified atom stereocenters. The van der Waals surface area contributed by atoms with Crippen molar-refractivity contribution < 1.29 is 23.5 Å². The number of nitrogens with one attached hydrogen (secondary N) is 1. The number of esters is 1. The van der Waals surface area contributed by atoms with E-state index in [1.54, 1.807) is 6.07 Å². The van der Waals surface area contributed by atoms with Crippen LogP contribution in [0.25, 0.3) is 5.52 Å². The number of fused-ring (bicyclic) bond motifs is 1. The monoisotopic (exact) mass is 345 g/mol. The lowest BCUT2D eigenvalue weighted by atomic mass is 10.1. The molecule has 1 amide bonds. The Kier molecular flexibility index (Phi) is 4.25. The Labute approximate surface area is 140 Å². The number of nitrogens with zero attached hydrogens (tertiary/aromatic N) is 4. The molecule has 10 heteroatoms. The lowest BCUT2D eigenvalue weighted by Gasteiger charge is -2.12. The summed E-state index contributed by atoms with van der Waals surface area (Å²) in [5, 5.41) is 13.9. The first-order valence-corrected chi connectivity index (χ1v) is 6.98. The Hall–Kier alpha value is -3.56. The number of hydrogen-bond acceptors (Lipinski definition) is 7. The Morgan fingerprint density at radius 3 is 2.76 bits per heavy atom. The number of amides is 1. The minimum absolute atomic E-state index is 0.0237. The van der Waals surface area contributed by atoms with Gasteiger partial charge in [0.2, 0.25) is 0 Å². The van der Waals surface area contributed by atoms with E-state index in [4.69, 9.17) is 4.74 Å². The number of rotatable bonds is 4. The highest BCUT2D eigenvalue weighted by Crippen LogP contribution is 2.27. The van der Waals surface area contributed by atoms with Crippen LogP contribution in [0.1, 0.15) is 20.8 Å². The molecule has 0 aliphatic rings. The molecule has 0 saturated carbocycles. The summed E-state index contributed by atoms with van der Waals surface area (Å²) < 4.78 is 24.5. The van der Waals surface area contributed by atoms with Gasteiger partial charge in [0, 0.05) is 6.07 Å². The lowest BCUT2D eigenvalue weighted by Crippen LogP contribution is -2.18. The second-order valence-electron chi connectivity index (χ2n) is 4.84. The van der Waals surface area contributed by atoms with Crippen LogP contribution in [-0.2, 0) is 4.74 Å². The van der Waals surface area contributed by atoms with Gasteiger partial charge in [-0.2, -0.15) is 0 Å². The van der Waals surface area contributed by atoms with Crippen molar-refractivity contribution in [2.45, 2.75) is 0 Å². The number of benzene rings is 1. The van der Waals surface area contributed by atoms with Gasteiger partial charge in [0.05, 0.1) is 31.7 Å². The highest BCUT2D eigenvalue weighted by molar-refractivity contribution is 6.07. The van der Waals surface area contributed by atoms with E-state index in [1.807, 2.05) is 0 Å². The molecular formula is C15H12FN5O4. The number of aromatic nitrogens is 4. The molecule has 25 heavy (non-hydrogen) atoms. The van der Waals surface area contributed by atoms with Crippen molar-refractivity contribution in [3.05, 3.63) is 47.5 Å². The second-order valence-corrected chi connectivity index (χ2v) is 4.84. The third kappa shape index (κ3) is 3.09. The lowest BCUT2D eigenvalue weighted by molar-refractivity contribution is 0.0601. The SMILES string of the molecule is COC(=O)c1cc(F)c(OC)cc1NC(=O)c1ccc2cnnn2n1. The normalized spacial score (nSPS) is 10.5. The second kappa shape index (κ2) is 6.51. The number of hydrogen-bond donors (Lipinski definition) is 1. The summed E-state index contributed by atoms with van der Waals surface area (Å²) in [5.74, 6) is -2.33. The number of ether oxygens (including phenoxy) is 2. The predicted octanol–water partition coefficient (Wildman–Crippen LogP) is 1.31. The smallest absolute Gasteiger partial charge is 0.340 e. The van der Waals surface area contributed by atoms with E-state index in [1.165, 1.54) is 30.1 Å². The van der Waals surface area contributed by atoms with Crippen LogP contribution >= 0.6 is 0 Å². The zero-order chi connectivity index (χ0) is 18.0. The van der Waals surface area contributed by atoms with Gasteiger partial charge < -0.3 is 14.8 Å².